The summed E-state index contributed by atoms with van der Waals surface area (Å²) < 4.78 is 0. The van der Waals surface area contributed by atoms with Crippen molar-refractivity contribution in [3.63, 3.8) is 0 Å². The SMILES string of the molecule is CCC1(c2csc(N(CCC(=O)O)Cc3ccc(C)s3)n2)CCC(C(C)C)CC1. The summed E-state index contributed by atoms with van der Waals surface area (Å²) in [6.45, 7) is 10.3. The van der Waals surface area contributed by atoms with Gasteiger partial charge in [0, 0.05) is 27.1 Å². The van der Waals surface area contributed by atoms with Crippen LogP contribution >= 0.6 is 22.7 Å². The van der Waals surface area contributed by atoms with Crippen LogP contribution in [0.25, 0.3) is 0 Å². The Hall–Kier alpha value is -1.40. The molecule has 0 atom stereocenters. The molecule has 1 fully saturated rings. The van der Waals surface area contributed by atoms with Crippen LogP contribution in [0, 0.1) is 18.8 Å². The molecule has 29 heavy (non-hydrogen) atoms. The van der Waals surface area contributed by atoms with Crippen LogP contribution in [0.15, 0.2) is 17.5 Å². The normalized spacial score (nSPS) is 22.2. The minimum absolute atomic E-state index is 0.133. The second-order valence-corrected chi connectivity index (χ2v) is 11.0. The average molecular weight is 435 g/mol. The van der Waals surface area contributed by atoms with Crippen molar-refractivity contribution in [2.24, 2.45) is 11.8 Å². The first kappa shape index (κ1) is 22.3. The Morgan fingerprint density at radius 3 is 2.62 bits per heavy atom. The molecule has 0 aromatic carbocycles. The fourth-order valence-corrected chi connectivity index (χ4v) is 6.42. The molecule has 6 heteroatoms. The van der Waals surface area contributed by atoms with Crippen molar-refractivity contribution in [2.45, 2.75) is 78.2 Å². The van der Waals surface area contributed by atoms with Gasteiger partial charge in [0.25, 0.3) is 0 Å². The molecule has 0 bridgehead atoms. The maximum atomic E-state index is 11.2. The largest absolute Gasteiger partial charge is 0.481 e. The van der Waals surface area contributed by atoms with E-state index in [2.05, 4.69) is 50.1 Å². The molecule has 2 heterocycles. The van der Waals surface area contributed by atoms with Crippen molar-refractivity contribution in [3.8, 4) is 0 Å². The van der Waals surface area contributed by atoms with Crippen LogP contribution in [0.1, 0.15) is 74.7 Å². The van der Waals surface area contributed by atoms with Crippen LogP contribution in [0.5, 0.6) is 0 Å². The molecule has 2 aromatic heterocycles. The van der Waals surface area contributed by atoms with Crippen molar-refractivity contribution in [2.75, 3.05) is 11.4 Å². The van der Waals surface area contributed by atoms with Gasteiger partial charge >= 0.3 is 5.97 Å². The summed E-state index contributed by atoms with van der Waals surface area (Å²) in [5.41, 5.74) is 1.42. The van der Waals surface area contributed by atoms with Gasteiger partial charge in [-0.2, -0.15) is 0 Å². The number of rotatable bonds is 9. The van der Waals surface area contributed by atoms with Gasteiger partial charge in [-0.25, -0.2) is 4.98 Å². The fraction of sp³-hybridized carbons (Fsp3) is 0.652. The Bertz CT molecular complexity index is 803. The zero-order chi connectivity index (χ0) is 21.0. The Morgan fingerprint density at radius 1 is 1.34 bits per heavy atom. The molecule has 1 N–H and O–H groups in total. The van der Waals surface area contributed by atoms with E-state index in [1.807, 2.05) is 0 Å². The van der Waals surface area contributed by atoms with Crippen LogP contribution < -0.4 is 4.90 Å². The maximum Gasteiger partial charge on any atom is 0.305 e. The van der Waals surface area contributed by atoms with Crippen LogP contribution in [-0.2, 0) is 16.8 Å². The molecule has 2 aromatic rings. The van der Waals surface area contributed by atoms with E-state index < -0.39 is 5.97 Å². The molecule has 160 valence electrons. The summed E-state index contributed by atoms with van der Waals surface area (Å²) in [5, 5.41) is 12.4. The quantitative estimate of drug-likeness (QED) is 0.490. The van der Waals surface area contributed by atoms with E-state index in [1.165, 1.54) is 41.1 Å². The zero-order valence-electron chi connectivity index (χ0n) is 18.1. The maximum absolute atomic E-state index is 11.2. The molecule has 0 amide bonds. The number of carboxylic acid groups (broad SMARTS) is 1. The van der Waals surface area contributed by atoms with Crippen LogP contribution in [0.3, 0.4) is 0 Å². The van der Waals surface area contributed by atoms with Gasteiger partial charge in [-0.05, 0) is 63.0 Å². The summed E-state index contributed by atoms with van der Waals surface area (Å²) in [6.07, 6.45) is 6.27. The topological polar surface area (TPSA) is 53.4 Å². The molecule has 0 unspecified atom stereocenters. The number of carbonyl (C=O) groups is 1. The lowest BCUT2D eigenvalue weighted by molar-refractivity contribution is -0.136. The molecule has 0 spiro atoms. The third kappa shape index (κ3) is 5.40. The minimum Gasteiger partial charge on any atom is -0.481 e. The minimum atomic E-state index is -0.758. The van der Waals surface area contributed by atoms with Crippen molar-refractivity contribution in [1.82, 2.24) is 4.98 Å². The van der Waals surface area contributed by atoms with Gasteiger partial charge in [0.05, 0.1) is 18.7 Å². The monoisotopic (exact) mass is 434 g/mol. The lowest BCUT2D eigenvalue weighted by Gasteiger charge is -2.40. The number of aryl methyl sites for hydroxylation is 1. The number of hydrogen-bond donors (Lipinski definition) is 1. The highest BCUT2D eigenvalue weighted by Crippen LogP contribution is 2.46. The Labute approximate surface area is 183 Å². The first-order valence-electron chi connectivity index (χ1n) is 10.8. The number of aliphatic carboxylic acids is 1. The molecule has 3 rings (SSSR count). The van der Waals surface area contributed by atoms with Gasteiger partial charge in [0.15, 0.2) is 5.13 Å². The summed E-state index contributed by atoms with van der Waals surface area (Å²) in [6, 6.07) is 4.27. The number of nitrogens with zero attached hydrogens (tertiary/aromatic N) is 2. The zero-order valence-corrected chi connectivity index (χ0v) is 19.7. The standard InChI is InChI=1S/C23H34N2O2S2/c1-5-23(11-8-18(9-12-23)16(2)3)20-15-28-22(24-20)25(13-10-21(26)27)14-19-7-6-17(4)29-19/h6-7,15-16,18H,5,8-14H2,1-4H3,(H,26,27). The van der Waals surface area contributed by atoms with Gasteiger partial charge in [0.1, 0.15) is 0 Å². The van der Waals surface area contributed by atoms with Crippen LogP contribution in [-0.4, -0.2) is 22.6 Å². The summed E-state index contributed by atoms with van der Waals surface area (Å²) in [5.74, 6) is 0.838. The molecular formula is C23H34N2O2S2. The molecule has 0 aliphatic heterocycles. The Morgan fingerprint density at radius 2 is 2.07 bits per heavy atom. The summed E-state index contributed by atoms with van der Waals surface area (Å²) >= 11 is 3.45. The van der Waals surface area contributed by atoms with Crippen molar-refractivity contribution < 1.29 is 9.90 Å². The average Bonchev–Trinajstić information content (AvgIpc) is 3.34. The molecule has 1 saturated carbocycles. The van der Waals surface area contributed by atoms with Crippen molar-refractivity contribution in [3.05, 3.63) is 33.0 Å². The van der Waals surface area contributed by atoms with E-state index in [0.29, 0.717) is 6.54 Å². The number of carboxylic acids is 1. The van der Waals surface area contributed by atoms with Gasteiger partial charge in [-0.3, -0.25) is 4.79 Å². The Kier molecular flexibility index (Phi) is 7.38. The van der Waals surface area contributed by atoms with Gasteiger partial charge in [-0.1, -0.05) is 20.8 Å². The number of hydrogen-bond acceptors (Lipinski definition) is 5. The van der Waals surface area contributed by atoms with E-state index in [-0.39, 0.29) is 11.8 Å². The van der Waals surface area contributed by atoms with E-state index in [9.17, 15) is 9.90 Å². The van der Waals surface area contributed by atoms with E-state index in [4.69, 9.17) is 4.98 Å². The third-order valence-corrected chi connectivity index (χ3v) is 8.54. The van der Waals surface area contributed by atoms with Gasteiger partial charge < -0.3 is 10.0 Å². The molecular weight excluding hydrogens is 400 g/mol. The Balaban J connectivity index is 1.78. The molecule has 4 nitrogen and oxygen atoms in total. The van der Waals surface area contributed by atoms with Gasteiger partial charge in [0.2, 0.25) is 0 Å². The lowest BCUT2D eigenvalue weighted by atomic mass is 9.65. The third-order valence-electron chi connectivity index (χ3n) is 6.65. The first-order valence-corrected chi connectivity index (χ1v) is 12.5. The molecule has 1 aliphatic carbocycles. The number of thiophene rings is 1. The highest BCUT2D eigenvalue weighted by molar-refractivity contribution is 7.14. The molecule has 0 radical (unpaired) electrons. The smallest absolute Gasteiger partial charge is 0.305 e. The molecule has 1 aliphatic rings. The fourth-order valence-electron chi connectivity index (χ4n) is 4.53. The summed E-state index contributed by atoms with van der Waals surface area (Å²) in [4.78, 5) is 21.0. The predicted molar refractivity (Wildman–Crippen MR) is 123 cm³/mol. The van der Waals surface area contributed by atoms with Crippen LogP contribution in [0.2, 0.25) is 0 Å². The summed E-state index contributed by atoms with van der Waals surface area (Å²) in [7, 11) is 0. The number of anilines is 1. The van der Waals surface area contributed by atoms with E-state index in [1.54, 1.807) is 22.7 Å². The number of aromatic nitrogens is 1. The van der Waals surface area contributed by atoms with Gasteiger partial charge in [-0.15, -0.1) is 22.7 Å². The van der Waals surface area contributed by atoms with Crippen molar-refractivity contribution >= 4 is 33.8 Å². The second kappa shape index (κ2) is 9.61. The molecule has 0 saturated heterocycles. The lowest BCUT2D eigenvalue weighted by Crippen LogP contribution is -2.33. The van der Waals surface area contributed by atoms with E-state index >= 15 is 0 Å². The number of thiazole rings is 1. The highest BCUT2D eigenvalue weighted by atomic mass is 32.1. The van der Waals surface area contributed by atoms with Crippen LogP contribution in [0.4, 0.5) is 5.13 Å². The van der Waals surface area contributed by atoms with E-state index in [0.717, 1.165) is 29.9 Å². The first-order chi connectivity index (χ1) is 13.8. The second-order valence-electron chi connectivity index (χ2n) is 8.81. The van der Waals surface area contributed by atoms with Crippen molar-refractivity contribution in [1.29, 1.82) is 0 Å². The highest BCUT2D eigenvalue weighted by Gasteiger charge is 2.38. The predicted octanol–water partition coefficient (Wildman–Crippen LogP) is 6.49.